The lowest BCUT2D eigenvalue weighted by Crippen LogP contribution is -2.36. The molecule has 15 heavy (non-hydrogen) atoms. The lowest BCUT2D eigenvalue weighted by atomic mass is 10.0. The molecule has 1 rings (SSSR count). The van der Waals surface area contributed by atoms with Crippen molar-refractivity contribution >= 4 is 0 Å². The van der Waals surface area contributed by atoms with Crippen molar-refractivity contribution in [3.63, 3.8) is 0 Å². The average molecular weight is 213 g/mol. The van der Waals surface area contributed by atoms with Crippen LogP contribution >= 0.6 is 0 Å². The second kappa shape index (κ2) is 7.24. The van der Waals surface area contributed by atoms with E-state index in [4.69, 9.17) is 0 Å². The van der Waals surface area contributed by atoms with Gasteiger partial charge in [-0.15, -0.1) is 0 Å². The largest absolute Gasteiger partial charge is 0.392 e. The van der Waals surface area contributed by atoms with Crippen LogP contribution in [0.3, 0.4) is 0 Å². The van der Waals surface area contributed by atoms with E-state index < -0.39 is 0 Å². The van der Waals surface area contributed by atoms with Gasteiger partial charge in [-0.1, -0.05) is 26.7 Å². The molecule has 0 aromatic heterocycles. The monoisotopic (exact) mass is 213 g/mol. The number of hydrogen-bond donors (Lipinski definition) is 1. The molecule has 0 heterocycles. The van der Waals surface area contributed by atoms with Gasteiger partial charge in [0.05, 0.1) is 6.10 Å². The van der Waals surface area contributed by atoms with E-state index in [9.17, 15) is 5.11 Å². The Bertz CT molecular complexity index is 149. The van der Waals surface area contributed by atoms with Crippen LogP contribution in [0.2, 0.25) is 0 Å². The Morgan fingerprint density at radius 3 is 2.13 bits per heavy atom. The Labute approximate surface area is 94.7 Å². The summed E-state index contributed by atoms with van der Waals surface area (Å²) < 4.78 is 0. The summed E-state index contributed by atoms with van der Waals surface area (Å²) in [4.78, 5) is 2.42. The summed E-state index contributed by atoms with van der Waals surface area (Å²) in [5.41, 5.74) is 0. The van der Waals surface area contributed by atoms with Crippen molar-refractivity contribution < 1.29 is 5.11 Å². The first kappa shape index (κ1) is 13.0. The number of rotatable bonds is 7. The van der Waals surface area contributed by atoms with Crippen molar-refractivity contribution in [2.45, 2.75) is 58.5 Å². The summed E-state index contributed by atoms with van der Waals surface area (Å²) in [5, 5.41) is 10.1. The molecule has 1 N–H and O–H groups in total. The molecule has 0 radical (unpaired) electrons. The molecule has 1 fully saturated rings. The highest BCUT2D eigenvalue weighted by molar-refractivity contribution is 4.77. The summed E-state index contributed by atoms with van der Waals surface area (Å²) in [5.74, 6) is 0.584. The Morgan fingerprint density at radius 1 is 1.13 bits per heavy atom. The molecule has 0 aliphatic heterocycles. The fraction of sp³-hybridized carbons (Fsp3) is 1.00. The lowest BCUT2D eigenvalue weighted by molar-refractivity contribution is 0.0656. The van der Waals surface area contributed by atoms with Gasteiger partial charge in [-0.3, -0.25) is 0 Å². The minimum atomic E-state index is -0.0781. The quantitative estimate of drug-likeness (QED) is 0.703. The molecular weight excluding hydrogens is 186 g/mol. The van der Waals surface area contributed by atoms with Crippen LogP contribution in [0.1, 0.15) is 52.4 Å². The summed E-state index contributed by atoms with van der Waals surface area (Å²) in [6.45, 7) is 7.59. The zero-order valence-corrected chi connectivity index (χ0v) is 10.4. The molecular formula is C13H27NO. The van der Waals surface area contributed by atoms with E-state index in [0.29, 0.717) is 5.92 Å². The second-order valence-electron chi connectivity index (χ2n) is 4.91. The van der Waals surface area contributed by atoms with Crippen LogP contribution in [0.4, 0.5) is 0 Å². The molecule has 0 bridgehead atoms. The number of hydrogen-bond acceptors (Lipinski definition) is 2. The molecule has 90 valence electrons. The van der Waals surface area contributed by atoms with Crippen LogP contribution in [0.5, 0.6) is 0 Å². The smallest absolute Gasteiger partial charge is 0.0695 e. The van der Waals surface area contributed by atoms with Crippen LogP contribution in [-0.4, -0.2) is 35.7 Å². The third-order valence-electron chi connectivity index (χ3n) is 3.47. The Morgan fingerprint density at radius 2 is 1.67 bits per heavy atom. The van der Waals surface area contributed by atoms with Gasteiger partial charge in [0.15, 0.2) is 0 Å². The molecule has 0 amide bonds. The van der Waals surface area contributed by atoms with Gasteiger partial charge in [-0.05, 0) is 44.7 Å². The fourth-order valence-corrected chi connectivity index (χ4v) is 2.68. The van der Waals surface area contributed by atoms with E-state index >= 15 is 0 Å². The summed E-state index contributed by atoms with van der Waals surface area (Å²) in [7, 11) is 0. The molecule has 2 heteroatoms. The van der Waals surface area contributed by atoms with Crippen LogP contribution in [-0.2, 0) is 0 Å². The standard InChI is InChI=1S/C13H27NO/c1-3-9-14(10-4-2)11-13(15)12-7-5-6-8-12/h12-13,15H,3-11H2,1-2H3. The number of aliphatic hydroxyl groups excluding tert-OH is 1. The Hall–Kier alpha value is -0.0800. The molecule has 2 nitrogen and oxygen atoms in total. The minimum Gasteiger partial charge on any atom is -0.392 e. The van der Waals surface area contributed by atoms with Gasteiger partial charge in [-0.25, -0.2) is 0 Å². The van der Waals surface area contributed by atoms with Gasteiger partial charge >= 0.3 is 0 Å². The summed E-state index contributed by atoms with van der Waals surface area (Å²) in [6, 6.07) is 0. The van der Waals surface area contributed by atoms with Crippen LogP contribution in [0, 0.1) is 5.92 Å². The van der Waals surface area contributed by atoms with E-state index in [-0.39, 0.29) is 6.10 Å². The van der Waals surface area contributed by atoms with Crippen LogP contribution < -0.4 is 0 Å². The Kier molecular flexibility index (Phi) is 6.26. The Balaban J connectivity index is 2.28. The highest BCUT2D eigenvalue weighted by Gasteiger charge is 2.24. The molecule has 0 aromatic rings. The first-order valence-electron chi connectivity index (χ1n) is 6.68. The zero-order valence-electron chi connectivity index (χ0n) is 10.4. The van der Waals surface area contributed by atoms with E-state index in [1.54, 1.807) is 0 Å². The first-order valence-corrected chi connectivity index (χ1v) is 6.68. The lowest BCUT2D eigenvalue weighted by Gasteiger charge is -2.27. The van der Waals surface area contributed by atoms with Crippen molar-refractivity contribution in [1.29, 1.82) is 0 Å². The van der Waals surface area contributed by atoms with E-state index in [2.05, 4.69) is 18.7 Å². The minimum absolute atomic E-state index is 0.0781. The summed E-state index contributed by atoms with van der Waals surface area (Å²) >= 11 is 0. The normalized spacial score (nSPS) is 20.0. The third-order valence-corrected chi connectivity index (χ3v) is 3.47. The third kappa shape index (κ3) is 4.52. The number of nitrogens with zero attached hydrogens (tertiary/aromatic N) is 1. The molecule has 1 unspecified atom stereocenters. The predicted molar refractivity (Wildman–Crippen MR) is 65.0 cm³/mol. The maximum atomic E-state index is 10.1. The van der Waals surface area contributed by atoms with Crippen molar-refractivity contribution in [3.8, 4) is 0 Å². The van der Waals surface area contributed by atoms with E-state index in [1.165, 1.54) is 38.5 Å². The fourth-order valence-electron chi connectivity index (χ4n) is 2.68. The van der Waals surface area contributed by atoms with Gasteiger partial charge in [0.1, 0.15) is 0 Å². The van der Waals surface area contributed by atoms with Gasteiger partial charge < -0.3 is 10.0 Å². The maximum absolute atomic E-state index is 10.1. The first-order chi connectivity index (χ1) is 7.27. The second-order valence-corrected chi connectivity index (χ2v) is 4.91. The van der Waals surface area contributed by atoms with E-state index in [1.807, 2.05) is 0 Å². The van der Waals surface area contributed by atoms with Gasteiger partial charge in [-0.2, -0.15) is 0 Å². The number of aliphatic hydroxyl groups is 1. The van der Waals surface area contributed by atoms with Crippen LogP contribution in [0.25, 0.3) is 0 Å². The van der Waals surface area contributed by atoms with Crippen molar-refractivity contribution in [1.82, 2.24) is 4.90 Å². The van der Waals surface area contributed by atoms with E-state index in [0.717, 1.165) is 19.6 Å². The highest BCUT2D eigenvalue weighted by atomic mass is 16.3. The van der Waals surface area contributed by atoms with Crippen molar-refractivity contribution in [2.75, 3.05) is 19.6 Å². The predicted octanol–water partition coefficient (Wildman–Crippen LogP) is 2.66. The zero-order chi connectivity index (χ0) is 11.1. The topological polar surface area (TPSA) is 23.5 Å². The van der Waals surface area contributed by atoms with Crippen LogP contribution in [0.15, 0.2) is 0 Å². The molecule has 1 saturated carbocycles. The SMILES string of the molecule is CCCN(CCC)CC(O)C1CCCC1. The molecule has 1 aliphatic rings. The van der Waals surface area contributed by atoms with Gasteiger partial charge in [0, 0.05) is 6.54 Å². The summed E-state index contributed by atoms with van der Waals surface area (Å²) in [6.07, 6.45) is 7.44. The highest BCUT2D eigenvalue weighted by Crippen LogP contribution is 2.28. The van der Waals surface area contributed by atoms with Gasteiger partial charge in [0.25, 0.3) is 0 Å². The maximum Gasteiger partial charge on any atom is 0.0695 e. The molecule has 0 saturated heterocycles. The van der Waals surface area contributed by atoms with Crippen molar-refractivity contribution in [2.24, 2.45) is 5.92 Å². The molecule has 0 spiro atoms. The molecule has 1 atom stereocenters. The average Bonchev–Trinajstić information content (AvgIpc) is 2.71. The van der Waals surface area contributed by atoms with Gasteiger partial charge in [0.2, 0.25) is 0 Å². The molecule has 1 aliphatic carbocycles. The van der Waals surface area contributed by atoms with Crippen molar-refractivity contribution in [3.05, 3.63) is 0 Å². The molecule has 0 aromatic carbocycles.